The molecule has 1 aliphatic rings. The SMILES string of the molecule is CN(CCCN)C(=O)CN(CCO)C1CC1. The van der Waals surface area contributed by atoms with Gasteiger partial charge in [-0.25, -0.2) is 0 Å². The summed E-state index contributed by atoms with van der Waals surface area (Å²) in [6.07, 6.45) is 3.14. The summed E-state index contributed by atoms with van der Waals surface area (Å²) in [5.41, 5.74) is 5.40. The van der Waals surface area contributed by atoms with Gasteiger partial charge in [0, 0.05) is 26.2 Å². The zero-order valence-corrected chi connectivity index (χ0v) is 10.1. The summed E-state index contributed by atoms with van der Waals surface area (Å²) in [7, 11) is 1.81. The van der Waals surface area contributed by atoms with Crippen LogP contribution in [0, 0.1) is 0 Å². The third kappa shape index (κ3) is 4.47. The van der Waals surface area contributed by atoms with Crippen molar-refractivity contribution < 1.29 is 9.90 Å². The van der Waals surface area contributed by atoms with E-state index in [1.54, 1.807) is 4.90 Å². The quantitative estimate of drug-likeness (QED) is 0.574. The molecule has 16 heavy (non-hydrogen) atoms. The van der Waals surface area contributed by atoms with Crippen molar-refractivity contribution in [2.45, 2.75) is 25.3 Å². The van der Waals surface area contributed by atoms with E-state index >= 15 is 0 Å². The maximum atomic E-state index is 11.8. The Labute approximate surface area is 97.2 Å². The third-order valence-electron chi connectivity index (χ3n) is 2.91. The Bertz CT molecular complexity index is 219. The van der Waals surface area contributed by atoms with Crippen LogP contribution in [0.15, 0.2) is 0 Å². The monoisotopic (exact) mass is 229 g/mol. The van der Waals surface area contributed by atoms with Gasteiger partial charge in [0.1, 0.15) is 0 Å². The average molecular weight is 229 g/mol. The molecule has 1 aliphatic carbocycles. The van der Waals surface area contributed by atoms with Crippen LogP contribution in [0.25, 0.3) is 0 Å². The van der Waals surface area contributed by atoms with Crippen molar-refractivity contribution in [2.75, 3.05) is 39.8 Å². The van der Waals surface area contributed by atoms with Gasteiger partial charge in [0.05, 0.1) is 13.2 Å². The third-order valence-corrected chi connectivity index (χ3v) is 2.91. The Morgan fingerprint density at radius 2 is 2.12 bits per heavy atom. The predicted octanol–water partition coefficient (Wildman–Crippen LogP) is -0.750. The molecule has 0 atom stereocenters. The summed E-state index contributed by atoms with van der Waals surface area (Å²) >= 11 is 0. The normalized spacial score (nSPS) is 15.5. The summed E-state index contributed by atoms with van der Waals surface area (Å²) in [6.45, 7) is 2.47. The van der Waals surface area contributed by atoms with Crippen LogP contribution in [-0.4, -0.2) is 66.7 Å². The lowest BCUT2D eigenvalue weighted by molar-refractivity contribution is -0.131. The highest BCUT2D eigenvalue weighted by molar-refractivity contribution is 5.78. The van der Waals surface area contributed by atoms with Gasteiger partial charge in [-0.1, -0.05) is 0 Å². The lowest BCUT2D eigenvalue weighted by atomic mass is 10.3. The zero-order valence-electron chi connectivity index (χ0n) is 10.1. The molecule has 3 N–H and O–H groups in total. The molecule has 1 amide bonds. The summed E-state index contributed by atoms with van der Waals surface area (Å²) in [5.74, 6) is 0.119. The second kappa shape index (κ2) is 6.83. The van der Waals surface area contributed by atoms with Crippen molar-refractivity contribution in [1.29, 1.82) is 0 Å². The molecule has 0 saturated heterocycles. The maximum Gasteiger partial charge on any atom is 0.236 e. The van der Waals surface area contributed by atoms with E-state index in [2.05, 4.69) is 4.90 Å². The van der Waals surface area contributed by atoms with Gasteiger partial charge < -0.3 is 15.7 Å². The molecule has 0 spiro atoms. The molecule has 94 valence electrons. The molecule has 5 heteroatoms. The van der Waals surface area contributed by atoms with Crippen LogP contribution in [0.5, 0.6) is 0 Å². The first-order chi connectivity index (χ1) is 7.69. The van der Waals surface area contributed by atoms with E-state index in [0.29, 0.717) is 32.2 Å². The zero-order chi connectivity index (χ0) is 12.0. The van der Waals surface area contributed by atoms with Crippen molar-refractivity contribution >= 4 is 5.91 Å². The van der Waals surface area contributed by atoms with Crippen LogP contribution < -0.4 is 5.73 Å². The smallest absolute Gasteiger partial charge is 0.236 e. The van der Waals surface area contributed by atoms with Crippen LogP contribution in [0.4, 0.5) is 0 Å². The number of rotatable bonds is 8. The minimum atomic E-state index is 0.119. The minimum absolute atomic E-state index is 0.119. The van der Waals surface area contributed by atoms with Crippen LogP contribution in [0.2, 0.25) is 0 Å². The summed E-state index contributed by atoms with van der Waals surface area (Å²) in [6, 6.07) is 0.513. The molecule has 0 bridgehead atoms. The topological polar surface area (TPSA) is 69.8 Å². The number of carbonyl (C=O) groups is 1. The molecule has 0 heterocycles. The van der Waals surface area contributed by atoms with Gasteiger partial charge in [0.2, 0.25) is 5.91 Å². The van der Waals surface area contributed by atoms with E-state index < -0.39 is 0 Å². The van der Waals surface area contributed by atoms with Gasteiger partial charge in [-0.05, 0) is 25.8 Å². The van der Waals surface area contributed by atoms with E-state index in [0.717, 1.165) is 19.3 Å². The first-order valence-electron chi connectivity index (χ1n) is 5.98. The van der Waals surface area contributed by atoms with Gasteiger partial charge in [0.25, 0.3) is 0 Å². The molecule has 1 saturated carbocycles. The molecule has 1 fully saturated rings. The number of likely N-dealkylation sites (N-methyl/N-ethyl adjacent to an activating group) is 1. The molecular weight excluding hydrogens is 206 g/mol. The van der Waals surface area contributed by atoms with Crippen LogP contribution in [-0.2, 0) is 4.79 Å². The van der Waals surface area contributed by atoms with Gasteiger partial charge in [0.15, 0.2) is 0 Å². The summed E-state index contributed by atoms with van der Waals surface area (Å²) in [5, 5.41) is 8.92. The standard InChI is InChI=1S/C11H23N3O2/c1-13(6-2-5-12)11(16)9-14(7-8-15)10-3-4-10/h10,15H,2-9,12H2,1H3. The van der Waals surface area contributed by atoms with E-state index in [9.17, 15) is 4.79 Å². The molecule has 0 aliphatic heterocycles. The van der Waals surface area contributed by atoms with Crippen LogP contribution >= 0.6 is 0 Å². The predicted molar refractivity (Wildman–Crippen MR) is 63.0 cm³/mol. The number of nitrogens with zero attached hydrogens (tertiary/aromatic N) is 2. The molecule has 0 aromatic carbocycles. The van der Waals surface area contributed by atoms with Crippen molar-refractivity contribution in [3.05, 3.63) is 0 Å². The summed E-state index contributed by atoms with van der Waals surface area (Å²) in [4.78, 5) is 15.6. The fourth-order valence-corrected chi connectivity index (χ4v) is 1.71. The lowest BCUT2D eigenvalue weighted by Gasteiger charge is -2.24. The van der Waals surface area contributed by atoms with E-state index in [1.165, 1.54) is 0 Å². The fraction of sp³-hybridized carbons (Fsp3) is 0.909. The van der Waals surface area contributed by atoms with Gasteiger partial charge in [-0.3, -0.25) is 9.69 Å². The minimum Gasteiger partial charge on any atom is -0.395 e. The molecule has 0 radical (unpaired) electrons. The Morgan fingerprint density at radius 3 is 2.62 bits per heavy atom. The molecule has 5 nitrogen and oxygen atoms in total. The Hall–Kier alpha value is -0.650. The number of amides is 1. The van der Waals surface area contributed by atoms with Crippen LogP contribution in [0.1, 0.15) is 19.3 Å². The Balaban J connectivity index is 2.29. The van der Waals surface area contributed by atoms with E-state index in [1.807, 2.05) is 7.05 Å². The molecular formula is C11H23N3O2. The highest BCUT2D eigenvalue weighted by atomic mass is 16.3. The van der Waals surface area contributed by atoms with Gasteiger partial charge in [-0.2, -0.15) is 0 Å². The Kier molecular flexibility index (Phi) is 5.73. The first kappa shape index (κ1) is 13.4. The van der Waals surface area contributed by atoms with Crippen molar-refractivity contribution in [2.24, 2.45) is 5.73 Å². The second-order valence-electron chi connectivity index (χ2n) is 4.38. The number of hydrogen-bond acceptors (Lipinski definition) is 4. The van der Waals surface area contributed by atoms with Gasteiger partial charge in [-0.15, -0.1) is 0 Å². The van der Waals surface area contributed by atoms with Gasteiger partial charge >= 0.3 is 0 Å². The molecule has 0 aromatic heterocycles. The van der Waals surface area contributed by atoms with E-state index in [4.69, 9.17) is 10.8 Å². The highest BCUT2D eigenvalue weighted by Gasteiger charge is 2.30. The highest BCUT2D eigenvalue weighted by Crippen LogP contribution is 2.26. The largest absolute Gasteiger partial charge is 0.395 e. The number of carbonyl (C=O) groups excluding carboxylic acids is 1. The average Bonchev–Trinajstić information content (AvgIpc) is 3.08. The van der Waals surface area contributed by atoms with Crippen molar-refractivity contribution in [1.82, 2.24) is 9.80 Å². The number of aliphatic hydroxyl groups is 1. The number of aliphatic hydroxyl groups excluding tert-OH is 1. The lowest BCUT2D eigenvalue weighted by Crippen LogP contribution is -2.41. The van der Waals surface area contributed by atoms with Crippen molar-refractivity contribution in [3.63, 3.8) is 0 Å². The number of nitrogens with two attached hydrogens (primary N) is 1. The van der Waals surface area contributed by atoms with Crippen molar-refractivity contribution in [3.8, 4) is 0 Å². The molecule has 1 rings (SSSR count). The van der Waals surface area contributed by atoms with E-state index in [-0.39, 0.29) is 12.5 Å². The Morgan fingerprint density at radius 1 is 1.44 bits per heavy atom. The second-order valence-corrected chi connectivity index (χ2v) is 4.38. The molecule has 0 unspecified atom stereocenters. The first-order valence-corrected chi connectivity index (χ1v) is 5.98. The fourth-order valence-electron chi connectivity index (χ4n) is 1.71. The van der Waals surface area contributed by atoms with Crippen LogP contribution in [0.3, 0.4) is 0 Å². The number of hydrogen-bond donors (Lipinski definition) is 2. The summed E-state index contributed by atoms with van der Waals surface area (Å²) < 4.78 is 0. The maximum absolute atomic E-state index is 11.8. The molecule has 0 aromatic rings.